The number of carbonyl (C=O) groups excluding carboxylic acids is 1. The molecule has 3 aliphatic rings. The molecule has 1 aromatic carbocycles. The molecule has 0 saturated heterocycles. The lowest BCUT2D eigenvalue weighted by atomic mass is 10.0. The van der Waals surface area contributed by atoms with Crippen molar-refractivity contribution in [1.82, 2.24) is 4.90 Å². The number of nitrogens with zero attached hydrogens (tertiary/aromatic N) is 2. The summed E-state index contributed by atoms with van der Waals surface area (Å²) in [6, 6.07) is 5.08. The molecule has 1 N–H and O–H groups in total. The van der Waals surface area contributed by atoms with Crippen LogP contribution in [0.15, 0.2) is 33.8 Å². The summed E-state index contributed by atoms with van der Waals surface area (Å²) in [4.78, 5) is 20.7. The van der Waals surface area contributed by atoms with Crippen LogP contribution >= 0.6 is 47.4 Å². The summed E-state index contributed by atoms with van der Waals surface area (Å²) in [5, 5.41) is 4.95. The number of hydrogen-bond acceptors (Lipinski definition) is 4. The molecule has 140 valence electrons. The summed E-state index contributed by atoms with van der Waals surface area (Å²) in [5.41, 5.74) is 1.79. The quantitative estimate of drug-likeness (QED) is 0.679. The van der Waals surface area contributed by atoms with Crippen LogP contribution in [0.4, 0.5) is 5.69 Å². The molecule has 4 rings (SSSR count). The fourth-order valence-electron chi connectivity index (χ4n) is 3.74. The molecule has 4 nitrogen and oxygen atoms in total. The van der Waals surface area contributed by atoms with Crippen LogP contribution in [0, 0.1) is 5.92 Å². The normalized spacial score (nSPS) is 19.9. The average molecular weight is 433 g/mol. The Morgan fingerprint density at radius 2 is 1.85 bits per heavy atom. The van der Waals surface area contributed by atoms with Crippen molar-refractivity contribution in [3.05, 3.63) is 38.8 Å². The Labute approximate surface area is 173 Å². The number of anilines is 1. The first-order chi connectivity index (χ1) is 12.1. The zero-order valence-electron chi connectivity index (χ0n) is 14.1. The minimum Gasteiger partial charge on any atom is -0.323 e. The minimum atomic E-state index is -0.0951. The largest absolute Gasteiger partial charge is 0.323 e. The Bertz CT molecular complexity index is 755. The Morgan fingerprint density at radius 3 is 2.54 bits per heavy atom. The van der Waals surface area contributed by atoms with Crippen molar-refractivity contribution in [1.29, 1.82) is 0 Å². The summed E-state index contributed by atoms with van der Waals surface area (Å²) in [7, 11) is 0. The second-order valence-corrected chi connectivity index (χ2v) is 8.43. The van der Waals surface area contributed by atoms with Crippen molar-refractivity contribution >= 4 is 64.1 Å². The fourth-order valence-corrected chi connectivity index (χ4v) is 5.43. The molecule has 0 radical (unpaired) electrons. The summed E-state index contributed by atoms with van der Waals surface area (Å²) < 4.78 is 0. The average Bonchev–Trinajstić information content (AvgIpc) is 3.20. The van der Waals surface area contributed by atoms with E-state index in [9.17, 15) is 4.79 Å². The molecular formula is C18H20Cl3N3OS. The summed E-state index contributed by atoms with van der Waals surface area (Å²) in [5.74, 6) is 0.365. The van der Waals surface area contributed by atoms with Crippen molar-refractivity contribution in [3.8, 4) is 0 Å². The van der Waals surface area contributed by atoms with Gasteiger partial charge in [0.15, 0.2) is 5.17 Å². The zero-order chi connectivity index (χ0) is 17.4. The number of amidine groups is 1. The van der Waals surface area contributed by atoms with E-state index < -0.39 is 0 Å². The lowest BCUT2D eigenvalue weighted by Crippen LogP contribution is -2.32. The maximum Gasteiger partial charge on any atom is 0.264 e. The number of fused-ring (bicyclic) bond motifs is 1. The van der Waals surface area contributed by atoms with Crippen LogP contribution in [0.5, 0.6) is 0 Å². The fraction of sp³-hybridized carbons (Fsp3) is 0.444. The Morgan fingerprint density at radius 1 is 1.15 bits per heavy atom. The number of amides is 1. The third kappa shape index (κ3) is 4.01. The topological polar surface area (TPSA) is 44.7 Å². The lowest BCUT2D eigenvalue weighted by molar-refractivity contribution is -0.112. The molecule has 2 aliphatic heterocycles. The van der Waals surface area contributed by atoms with Gasteiger partial charge in [-0.15, -0.1) is 12.4 Å². The van der Waals surface area contributed by atoms with E-state index >= 15 is 0 Å². The highest BCUT2D eigenvalue weighted by Crippen LogP contribution is 2.45. The van der Waals surface area contributed by atoms with E-state index in [0.717, 1.165) is 42.4 Å². The van der Waals surface area contributed by atoms with Crippen LogP contribution in [-0.4, -0.2) is 29.1 Å². The van der Waals surface area contributed by atoms with Crippen molar-refractivity contribution < 1.29 is 4.79 Å². The molecule has 0 bridgehead atoms. The number of benzene rings is 1. The van der Waals surface area contributed by atoms with E-state index in [0.29, 0.717) is 21.7 Å². The first-order valence-electron chi connectivity index (χ1n) is 8.63. The van der Waals surface area contributed by atoms with Gasteiger partial charge >= 0.3 is 0 Å². The van der Waals surface area contributed by atoms with Gasteiger partial charge < -0.3 is 10.2 Å². The molecule has 2 heterocycles. The Hall–Kier alpha value is -0.880. The van der Waals surface area contributed by atoms with Crippen LogP contribution in [0.25, 0.3) is 0 Å². The third-order valence-electron chi connectivity index (χ3n) is 4.80. The van der Waals surface area contributed by atoms with E-state index in [2.05, 4.69) is 15.2 Å². The highest BCUT2D eigenvalue weighted by molar-refractivity contribution is 8.18. The monoisotopic (exact) mass is 431 g/mol. The number of rotatable bonds is 3. The number of carbonyl (C=O) groups is 1. The van der Waals surface area contributed by atoms with Crippen LogP contribution < -0.4 is 5.32 Å². The number of hydrogen-bond donors (Lipinski definition) is 1. The van der Waals surface area contributed by atoms with Gasteiger partial charge in [0.25, 0.3) is 5.91 Å². The van der Waals surface area contributed by atoms with E-state index in [1.807, 2.05) is 0 Å². The summed E-state index contributed by atoms with van der Waals surface area (Å²) in [6.07, 6.45) is 5.81. The highest BCUT2D eigenvalue weighted by Gasteiger charge is 2.38. The van der Waals surface area contributed by atoms with E-state index in [1.165, 1.54) is 30.3 Å². The van der Waals surface area contributed by atoms with Crippen LogP contribution in [0.3, 0.4) is 0 Å². The third-order valence-corrected chi connectivity index (χ3v) is 6.37. The number of halogens is 3. The molecular weight excluding hydrogens is 413 g/mol. The van der Waals surface area contributed by atoms with Gasteiger partial charge in [0.2, 0.25) is 0 Å². The van der Waals surface area contributed by atoms with Crippen molar-refractivity contribution in [2.45, 2.75) is 32.1 Å². The second kappa shape index (κ2) is 8.42. The standard InChI is InChI=1S/C18H19Cl2N3OS.ClH/c19-12-8-13(20)10-14(9-12)22-17(24)16-15(11-4-1-2-5-11)23-7-3-6-21-18(23)25-16;/h8-11H,1-7H2,(H,22,24);1H. The van der Waals surface area contributed by atoms with Gasteiger partial charge in [-0.3, -0.25) is 9.79 Å². The molecule has 1 fully saturated rings. The SMILES string of the molecule is Cl.O=C(Nc1cc(Cl)cc(Cl)c1)C1=C(C2CCCC2)N2CCCN=C2S1. The maximum atomic E-state index is 13.0. The van der Waals surface area contributed by atoms with Crippen LogP contribution in [0.1, 0.15) is 32.1 Å². The molecule has 1 amide bonds. The molecule has 1 aromatic rings. The first-order valence-corrected chi connectivity index (χ1v) is 10.2. The summed E-state index contributed by atoms with van der Waals surface area (Å²) >= 11 is 13.6. The maximum absolute atomic E-state index is 13.0. The molecule has 1 aliphatic carbocycles. The van der Waals surface area contributed by atoms with Gasteiger partial charge in [0.05, 0.1) is 0 Å². The van der Waals surface area contributed by atoms with Crippen molar-refractivity contribution in [2.24, 2.45) is 10.9 Å². The van der Waals surface area contributed by atoms with Gasteiger partial charge in [-0.2, -0.15) is 0 Å². The van der Waals surface area contributed by atoms with Gasteiger partial charge in [-0.05, 0) is 49.2 Å². The predicted molar refractivity (Wildman–Crippen MR) is 113 cm³/mol. The lowest BCUT2D eigenvalue weighted by Gasteiger charge is -2.28. The van der Waals surface area contributed by atoms with Gasteiger partial charge in [0.1, 0.15) is 4.91 Å². The number of aliphatic imine (C=N–C) groups is 1. The highest BCUT2D eigenvalue weighted by atomic mass is 35.5. The Kier molecular flexibility index (Phi) is 6.44. The number of nitrogens with one attached hydrogen (secondary N) is 1. The van der Waals surface area contributed by atoms with E-state index in [4.69, 9.17) is 23.2 Å². The second-order valence-electron chi connectivity index (χ2n) is 6.58. The van der Waals surface area contributed by atoms with Gasteiger partial charge in [0, 0.05) is 40.4 Å². The van der Waals surface area contributed by atoms with E-state index in [-0.39, 0.29) is 18.3 Å². The van der Waals surface area contributed by atoms with Crippen LogP contribution in [0.2, 0.25) is 10.0 Å². The van der Waals surface area contributed by atoms with Crippen LogP contribution in [-0.2, 0) is 4.79 Å². The molecule has 26 heavy (non-hydrogen) atoms. The van der Waals surface area contributed by atoms with Gasteiger partial charge in [-0.25, -0.2) is 0 Å². The van der Waals surface area contributed by atoms with Gasteiger partial charge in [-0.1, -0.05) is 36.0 Å². The van der Waals surface area contributed by atoms with E-state index in [1.54, 1.807) is 18.2 Å². The molecule has 1 saturated carbocycles. The molecule has 0 unspecified atom stereocenters. The minimum absolute atomic E-state index is 0. The molecule has 8 heteroatoms. The van der Waals surface area contributed by atoms with Crippen molar-refractivity contribution in [2.75, 3.05) is 18.4 Å². The molecule has 0 atom stereocenters. The number of allylic oxidation sites excluding steroid dienone is 1. The smallest absolute Gasteiger partial charge is 0.264 e. The Balaban J connectivity index is 0.00000196. The molecule has 0 aromatic heterocycles. The molecule has 0 spiro atoms. The first kappa shape index (κ1) is 19.9. The zero-order valence-corrected chi connectivity index (χ0v) is 17.3. The summed E-state index contributed by atoms with van der Waals surface area (Å²) in [6.45, 7) is 1.80. The number of thioether (sulfide) groups is 1. The predicted octanol–water partition coefficient (Wildman–Crippen LogP) is 5.56. The van der Waals surface area contributed by atoms with Crippen molar-refractivity contribution in [3.63, 3.8) is 0 Å².